The van der Waals surface area contributed by atoms with E-state index < -0.39 is 11.9 Å². The first-order valence-electron chi connectivity index (χ1n) is 12.4. The summed E-state index contributed by atoms with van der Waals surface area (Å²) < 4.78 is 12.0. The quantitative estimate of drug-likeness (QED) is 0.304. The Kier molecular flexibility index (Phi) is 7.39. The van der Waals surface area contributed by atoms with Crippen LogP contribution in [-0.4, -0.2) is 36.6 Å². The van der Waals surface area contributed by atoms with Crippen molar-refractivity contribution in [3.63, 3.8) is 0 Å². The van der Waals surface area contributed by atoms with Crippen molar-refractivity contribution in [1.82, 2.24) is 4.57 Å². The fraction of sp³-hybridized carbons (Fsp3) is 0.258. The van der Waals surface area contributed by atoms with Crippen molar-refractivity contribution in [1.29, 1.82) is 0 Å². The van der Waals surface area contributed by atoms with Crippen molar-refractivity contribution in [2.75, 3.05) is 19.1 Å². The fourth-order valence-corrected chi connectivity index (χ4v) is 4.91. The average Bonchev–Trinajstić information content (AvgIpc) is 3.33. The van der Waals surface area contributed by atoms with Gasteiger partial charge in [0.1, 0.15) is 0 Å². The van der Waals surface area contributed by atoms with Crippen LogP contribution in [0.4, 0.5) is 5.69 Å². The van der Waals surface area contributed by atoms with Crippen molar-refractivity contribution >= 4 is 29.6 Å². The average molecular weight is 513 g/mol. The van der Waals surface area contributed by atoms with Crippen LogP contribution in [0.2, 0.25) is 0 Å². The Morgan fingerprint density at radius 2 is 1.53 bits per heavy atom. The lowest BCUT2D eigenvalue weighted by molar-refractivity contribution is -0.136. The molecule has 4 rings (SSSR count). The normalized spacial score (nSPS) is 14.6. The molecule has 0 N–H and O–H groups in total. The maximum atomic E-state index is 13.8. The summed E-state index contributed by atoms with van der Waals surface area (Å²) in [6.07, 6.45) is 1.72. The van der Waals surface area contributed by atoms with E-state index in [1.807, 2.05) is 60.9 Å². The minimum atomic E-state index is -0.576. The molecule has 1 amide bonds. The first kappa shape index (κ1) is 26.7. The van der Waals surface area contributed by atoms with Crippen LogP contribution in [0.25, 0.3) is 11.8 Å². The number of methoxy groups -OCH3 is 2. The second-order valence-corrected chi connectivity index (χ2v) is 9.57. The Morgan fingerprint density at radius 1 is 0.895 bits per heavy atom. The van der Waals surface area contributed by atoms with E-state index in [1.165, 1.54) is 14.2 Å². The highest BCUT2D eigenvalue weighted by molar-refractivity contribution is 6.23. The molecular formula is C31H32N2O5. The molecule has 0 bridgehead atoms. The number of carbonyl (C=O) groups is 3. The number of carbonyl (C=O) groups excluding carboxylic acids is 3. The smallest absolute Gasteiger partial charge is 0.340 e. The number of para-hydroxylation sites is 1. The lowest BCUT2D eigenvalue weighted by atomic mass is 10.0. The summed E-state index contributed by atoms with van der Waals surface area (Å²) in [6.45, 7) is 9.79. The Morgan fingerprint density at radius 3 is 2.13 bits per heavy atom. The summed E-state index contributed by atoms with van der Waals surface area (Å²) in [7, 11) is 2.65. The number of hydrogen-bond acceptors (Lipinski definition) is 5. The van der Waals surface area contributed by atoms with E-state index in [4.69, 9.17) is 9.47 Å². The molecule has 0 saturated heterocycles. The highest BCUT2D eigenvalue weighted by Crippen LogP contribution is 2.37. The number of aryl methyl sites for hydroxylation is 1. The topological polar surface area (TPSA) is 77.8 Å². The molecule has 7 heteroatoms. The summed E-state index contributed by atoms with van der Waals surface area (Å²) in [4.78, 5) is 40.6. The third kappa shape index (κ3) is 4.56. The molecule has 0 unspecified atom stereocenters. The SMILES string of the molecule is COC(=O)C1=C(C)N(c2ccc(C(C)C)cc2)C(=O)/C1=C\c1cc(C)n(-c2ccccc2C(=O)OC)c1C. The number of rotatable bonds is 6. The summed E-state index contributed by atoms with van der Waals surface area (Å²) in [6, 6.07) is 16.9. The third-order valence-corrected chi connectivity index (χ3v) is 6.93. The van der Waals surface area contributed by atoms with Crippen LogP contribution in [0.1, 0.15) is 59.6 Å². The van der Waals surface area contributed by atoms with E-state index in [-0.39, 0.29) is 17.1 Å². The molecule has 7 nitrogen and oxygen atoms in total. The molecular weight excluding hydrogens is 480 g/mol. The molecule has 2 heterocycles. The number of hydrogen-bond donors (Lipinski definition) is 0. The Labute approximate surface area is 223 Å². The molecule has 0 fully saturated rings. The standard InChI is InChI=1S/C31H32N2O5/c1-18(2)22-12-14-24(15-13-22)33-21(5)28(31(36)38-7)26(29(33)34)17-23-16-19(3)32(20(23)4)27-11-9-8-10-25(27)30(35)37-6/h8-18H,1-7H3/b26-17-. The summed E-state index contributed by atoms with van der Waals surface area (Å²) in [5.41, 5.74) is 6.34. The molecule has 1 aromatic heterocycles. The van der Waals surface area contributed by atoms with Crippen LogP contribution in [0.15, 0.2) is 71.4 Å². The molecule has 0 aliphatic carbocycles. The maximum absolute atomic E-state index is 13.8. The van der Waals surface area contributed by atoms with Gasteiger partial charge in [0.15, 0.2) is 0 Å². The van der Waals surface area contributed by atoms with Gasteiger partial charge in [-0.05, 0) is 74.2 Å². The Bertz CT molecular complexity index is 1490. The molecule has 2 aromatic carbocycles. The summed E-state index contributed by atoms with van der Waals surface area (Å²) in [5.74, 6) is -0.964. The molecule has 1 aliphatic heterocycles. The van der Waals surface area contributed by atoms with E-state index in [1.54, 1.807) is 30.0 Å². The van der Waals surface area contributed by atoms with Crippen LogP contribution in [0.3, 0.4) is 0 Å². The van der Waals surface area contributed by atoms with E-state index in [9.17, 15) is 14.4 Å². The fourth-order valence-electron chi connectivity index (χ4n) is 4.91. The summed E-state index contributed by atoms with van der Waals surface area (Å²) >= 11 is 0. The molecule has 3 aromatic rings. The van der Waals surface area contributed by atoms with Crippen LogP contribution in [0, 0.1) is 13.8 Å². The van der Waals surface area contributed by atoms with Crippen LogP contribution < -0.4 is 4.90 Å². The van der Waals surface area contributed by atoms with Gasteiger partial charge in [-0.15, -0.1) is 0 Å². The van der Waals surface area contributed by atoms with E-state index in [0.717, 1.165) is 22.5 Å². The van der Waals surface area contributed by atoms with Crippen molar-refractivity contribution < 1.29 is 23.9 Å². The zero-order chi connectivity index (χ0) is 27.7. The van der Waals surface area contributed by atoms with Gasteiger partial charge in [-0.1, -0.05) is 38.1 Å². The number of amides is 1. The molecule has 38 heavy (non-hydrogen) atoms. The number of allylic oxidation sites excluding steroid dienone is 1. The van der Waals surface area contributed by atoms with E-state index in [0.29, 0.717) is 28.6 Å². The first-order chi connectivity index (χ1) is 18.1. The number of esters is 2. The van der Waals surface area contributed by atoms with Gasteiger partial charge in [0.2, 0.25) is 0 Å². The highest BCUT2D eigenvalue weighted by atomic mass is 16.5. The number of benzene rings is 2. The minimum absolute atomic E-state index is 0.227. The lowest BCUT2D eigenvalue weighted by Gasteiger charge is -2.19. The Balaban J connectivity index is 1.84. The van der Waals surface area contributed by atoms with Gasteiger partial charge in [-0.25, -0.2) is 9.59 Å². The maximum Gasteiger partial charge on any atom is 0.340 e. The second kappa shape index (κ2) is 10.5. The van der Waals surface area contributed by atoms with Crippen molar-refractivity contribution in [3.05, 3.63) is 99.5 Å². The lowest BCUT2D eigenvalue weighted by Crippen LogP contribution is -2.24. The first-order valence-corrected chi connectivity index (χ1v) is 12.4. The van der Waals surface area contributed by atoms with Gasteiger partial charge in [-0.2, -0.15) is 0 Å². The third-order valence-electron chi connectivity index (χ3n) is 6.93. The van der Waals surface area contributed by atoms with Gasteiger partial charge in [0.25, 0.3) is 5.91 Å². The zero-order valence-electron chi connectivity index (χ0n) is 22.8. The predicted octanol–water partition coefficient (Wildman–Crippen LogP) is 5.88. The van der Waals surface area contributed by atoms with Gasteiger partial charge in [0.05, 0.1) is 36.6 Å². The number of ether oxygens (including phenoxy) is 2. The summed E-state index contributed by atoms with van der Waals surface area (Å²) in [5, 5.41) is 0. The number of anilines is 1. The molecule has 1 aliphatic rings. The van der Waals surface area contributed by atoms with E-state index >= 15 is 0 Å². The monoisotopic (exact) mass is 512 g/mol. The van der Waals surface area contributed by atoms with Crippen LogP contribution >= 0.6 is 0 Å². The minimum Gasteiger partial charge on any atom is -0.465 e. The molecule has 0 spiro atoms. The number of nitrogens with zero attached hydrogens (tertiary/aromatic N) is 2. The molecule has 0 radical (unpaired) electrons. The molecule has 0 saturated carbocycles. The largest absolute Gasteiger partial charge is 0.465 e. The van der Waals surface area contributed by atoms with Crippen LogP contribution in [-0.2, 0) is 19.1 Å². The number of aromatic nitrogens is 1. The van der Waals surface area contributed by atoms with Crippen molar-refractivity contribution in [2.45, 2.75) is 40.5 Å². The van der Waals surface area contributed by atoms with Gasteiger partial charge < -0.3 is 14.0 Å². The van der Waals surface area contributed by atoms with E-state index in [2.05, 4.69) is 13.8 Å². The Hall–Kier alpha value is -4.39. The molecule has 0 atom stereocenters. The molecule has 196 valence electrons. The van der Waals surface area contributed by atoms with Crippen LogP contribution in [0.5, 0.6) is 0 Å². The van der Waals surface area contributed by atoms with Crippen molar-refractivity contribution in [2.24, 2.45) is 0 Å². The highest BCUT2D eigenvalue weighted by Gasteiger charge is 2.38. The second-order valence-electron chi connectivity index (χ2n) is 9.57. The predicted molar refractivity (Wildman–Crippen MR) is 147 cm³/mol. The van der Waals surface area contributed by atoms with Crippen molar-refractivity contribution in [3.8, 4) is 5.69 Å². The van der Waals surface area contributed by atoms with Gasteiger partial charge >= 0.3 is 11.9 Å². The zero-order valence-corrected chi connectivity index (χ0v) is 22.8. The van der Waals surface area contributed by atoms with Gasteiger partial charge in [0, 0.05) is 22.8 Å². The van der Waals surface area contributed by atoms with Gasteiger partial charge in [-0.3, -0.25) is 9.69 Å².